The van der Waals surface area contributed by atoms with Crippen LogP contribution in [-0.4, -0.2) is 38.9 Å². The second-order valence-electron chi connectivity index (χ2n) is 8.53. The van der Waals surface area contributed by atoms with Crippen molar-refractivity contribution >= 4 is 23.3 Å². The molecule has 0 aliphatic heterocycles. The molecule has 2 aromatic rings. The SMILES string of the molecule is Cc1c(C(=O)Nc2ccc(F)cc2)c(C)n(C)c1C(=O)C(=O)N[C@]1(C)CC[C@@H](O)CC1. The Morgan fingerprint density at radius 1 is 1.13 bits per heavy atom. The quantitative estimate of drug-likeness (QED) is 0.502. The van der Waals surface area contributed by atoms with Crippen LogP contribution in [0.5, 0.6) is 0 Å². The zero-order chi connectivity index (χ0) is 22.9. The molecule has 1 aliphatic rings. The largest absolute Gasteiger partial charge is 0.393 e. The van der Waals surface area contributed by atoms with Crippen molar-refractivity contribution in [2.75, 3.05) is 5.32 Å². The van der Waals surface area contributed by atoms with Crippen molar-refractivity contribution in [1.82, 2.24) is 9.88 Å². The van der Waals surface area contributed by atoms with Crippen LogP contribution >= 0.6 is 0 Å². The number of aliphatic hydroxyl groups is 1. The lowest BCUT2D eigenvalue weighted by molar-refractivity contribution is -0.119. The van der Waals surface area contributed by atoms with Gasteiger partial charge in [-0.15, -0.1) is 0 Å². The summed E-state index contributed by atoms with van der Waals surface area (Å²) in [7, 11) is 1.64. The van der Waals surface area contributed by atoms with E-state index >= 15 is 0 Å². The third-order valence-corrected chi connectivity index (χ3v) is 6.15. The predicted molar refractivity (Wildman–Crippen MR) is 115 cm³/mol. The molecule has 0 unspecified atom stereocenters. The molecule has 1 heterocycles. The number of rotatable bonds is 5. The van der Waals surface area contributed by atoms with Crippen LogP contribution in [0.15, 0.2) is 24.3 Å². The number of anilines is 1. The van der Waals surface area contributed by atoms with Crippen LogP contribution < -0.4 is 10.6 Å². The highest BCUT2D eigenvalue weighted by Crippen LogP contribution is 2.29. The molecule has 1 aromatic carbocycles. The molecule has 1 aliphatic carbocycles. The number of nitrogens with one attached hydrogen (secondary N) is 2. The summed E-state index contributed by atoms with van der Waals surface area (Å²) in [5, 5.41) is 15.2. The first-order valence-electron chi connectivity index (χ1n) is 10.3. The van der Waals surface area contributed by atoms with Crippen molar-refractivity contribution in [3.8, 4) is 0 Å². The molecule has 166 valence electrons. The number of Topliss-reactive ketones (excluding diaryl/α,β-unsaturated/α-hetero) is 1. The molecule has 3 rings (SSSR count). The summed E-state index contributed by atoms with van der Waals surface area (Å²) in [6.07, 6.45) is 1.94. The average Bonchev–Trinajstić information content (AvgIpc) is 2.94. The summed E-state index contributed by atoms with van der Waals surface area (Å²) in [6.45, 7) is 5.20. The summed E-state index contributed by atoms with van der Waals surface area (Å²) in [6, 6.07) is 5.37. The predicted octanol–water partition coefficient (Wildman–Crippen LogP) is 3.03. The minimum Gasteiger partial charge on any atom is -0.393 e. The monoisotopic (exact) mass is 429 g/mol. The van der Waals surface area contributed by atoms with Crippen LogP contribution in [0.2, 0.25) is 0 Å². The molecule has 3 N–H and O–H groups in total. The van der Waals surface area contributed by atoms with Crippen molar-refractivity contribution in [3.63, 3.8) is 0 Å². The van der Waals surface area contributed by atoms with Crippen molar-refractivity contribution in [1.29, 1.82) is 0 Å². The third-order valence-electron chi connectivity index (χ3n) is 6.15. The molecule has 0 saturated heterocycles. The zero-order valence-electron chi connectivity index (χ0n) is 18.2. The first-order chi connectivity index (χ1) is 14.5. The van der Waals surface area contributed by atoms with E-state index in [4.69, 9.17) is 0 Å². The fraction of sp³-hybridized carbons (Fsp3) is 0.435. The zero-order valence-corrected chi connectivity index (χ0v) is 18.2. The number of aliphatic hydroxyl groups excluding tert-OH is 1. The fourth-order valence-corrected chi connectivity index (χ4v) is 4.16. The molecule has 8 heteroatoms. The van der Waals surface area contributed by atoms with Crippen molar-refractivity contribution < 1.29 is 23.9 Å². The standard InChI is InChI=1S/C23H28FN3O4/c1-13-18(21(30)25-16-7-5-15(24)6-8-16)14(2)27(4)19(13)20(29)22(31)26-23(3)11-9-17(28)10-12-23/h5-8,17,28H,9-12H2,1-4H3,(H,25,30)(H,26,31)/t17-,23-. The molecular weight excluding hydrogens is 401 g/mol. The van der Waals surface area contributed by atoms with Gasteiger partial charge in [-0.25, -0.2) is 4.39 Å². The Kier molecular flexibility index (Phi) is 6.31. The van der Waals surface area contributed by atoms with Gasteiger partial charge in [0.1, 0.15) is 5.82 Å². The molecule has 0 spiro atoms. The van der Waals surface area contributed by atoms with Gasteiger partial charge in [-0.05, 0) is 76.3 Å². The van der Waals surface area contributed by atoms with Gasteiger partial charge in [-0.2, -0.15) is 0 Å². The highest BCUT2D eigenvalue weighted by atomic mass is 19.1. The van der Waals surface area contributed by atoms with Crippen LogP contribution in [0.3, 0.4) is 0 Å². The van der Waals surface area contributed by atoms with Crippen LogP contribution in [0.25, 0.3) is 0 Å². The number of ketones is 1. The van der Waals surface area contributed by atoms with Gasteiger partial charge >= 0.3 is 0 Å². The Balaban J connectivity index is 1.82. The number of hydrogen-bond donors (Lipinski definition) is 3. The Morgan fingerprint density at radius 3 is 2.29 bits per heavy atom. The molecule has 0 radical (unpaired) electrons. The molecule has 1 fully saturated rings. The Bertz CT molecular complexity index is 1020. The normalized spacial score (nSPS) is 20.9. The average molecular weight is 429 g/mol. The lowest BCUT2D eigenvalue weighted by atomic mass is 9.82. The number of hydrogen-bond acceptors (Lipinski definition) is 4. The van der Waals surface area contributed by atoms with Crippen LogP contribution in [0.1, 0.15) is 64.7 Å². The second-order valence-corrected chi connectivity index (χ2v) is 8.53. The molecule has 0 bridgehead atoms. The minimum absolute atomic E-state index is 0.152. The maximum Gasteiger partial charge on any atom is 0.294 e. The highest BCUT2D eigenvalue weighted by molar-refractivity contribution is 6.43. The second kappa shape index (κ2) is 8.63. The Labute approximate surface area is 180 Å². The van der Waals surface area contributed by atoms with Crippen molar-refractivity contribution in [3.05, 3.63) is 52.6 Å². The lowest BCUT2D eigenvalue weighted by Crippen LogP contribution is -2.51. The molecule has 0 atom stereocenters. The van der Waals surface area contributed by atoms with Crippen LogP contribution in [-0.2, 0) is 11.8 Å². The number of amides is 2. The minimum atomic E-state index is -0.729. The summed E-state index contributed by atoms with van der Waals surface area (Å²) in [5.74, 6) is -2.29. The van der Waals surface area contributed by atoms with E-state index in [-0.39, 0.29) is 11.8 Å². The summed E-state index contributed by atoms with van der Waals surface area (Å²) in [5.41, 5.74) is 1.27. The van der Waals surface area contributed by atoms with E-state index in [1.165, 1.54) is 24.3 Å². The molecule has 1 aromatic heterocycles. The number of nitrogens with zero attached hydrogens (tertiary/aromatic N) is 1. The smallest absolute Gasteiger partial charge is 0.294 e. The van der Waals surface area contributed by atoms with E-state index in [1.54, 1.807) is 25.5 Å². The van der Waals surface area contributed by atoms with Gasteiger partial charge < -0.3 is 20.3 Å². The van der Waals surface area contributed by atoms with E-state index < -0.39 is 29.0 Å². The van der Waals surface area contributed by atoms with Crippen LogP contribution in [0, 0.1) is 19.7 Å². The van der Waals surface area contributed by atoms with Gasteiger partial charge in [0.2, 0.25) is 0 Å². The van der Waals surface area contributed by atoms with Gasteiger partial charge in [0, 0.05) is 24.0 Å². The molecular formula is C23H28FN3O4. The Morgan fingerprint density at radius 2 is 1.71 bits per heavy atom. The highest BCUT2D eigenvalue weighted by Gasteiger charge is 2.35. The van der Waals surface area contributed by atoms with E-state index in [2.05, 4.69) is 10.6 Å². The van der Waals surface area contributed by atoms with Gasteiger partial charge in [0.05, 0.1) is 17.4 Å². The topological polar surface area (TPSA) is 100 Å². The molecule has 31 heavy (non-hydrogen) atoms. The van der Waals surface area contributed by atoms with E-state index in [0.717, 1.165) is 0 Å². The number of halogens is 1. The molecule has 7 nitrogen and oxygen atoms in total. The number of aromatic nitrogens is 1. The maximum absolute atomic E-state index is 13.1. The summed E-state index contributed by atoms with van der Waals surface area (Å²) in [4.78, 5) is 38.6. The number of carbonyl (C=O) groups excluding carboxylic acids is 3. The Hall–Kier alpha value is -3.00. The van der Waals surface area contributed by atoms with E-state index in [9.17, 15) is 23.9 Å². The van der Waals surface area contributed by atoms with Gasteiger partial charge in [-0.1, -0.05) is 0 Å². The van der Waals surface area contributed by atoms with Crippen LogP contribution in [0.4, 0.5) is 10.1 Å². The van der Waals surface area contributed by atoms with E-state index in [0.29, 0.717) is 48.2 Å². The first-order valence-corrected chi connectivity index (χ1v) is 10.3. The number of benzene rings is 1. The van der Waals surface area contributed by atoms with Crippen molar-refractivity contribution in [2.24, 2.45) is 7.05 Å². The van der Waals surface area contributed by atoms with Gasteiger partial charge in [0.15, 0.2) is 0 Å². The van der Waals surface area contributed by atoms with E-state index in [1.807, 2.05) is 6.92 Å². The summed E-state index contributed by atoms with van der Waals surface area (Å²) < 4.78 is 14.7. The first kappa shape index (κ1) is 22.7. The maximum atomic E-state index is 13.1. The summed E-state index contributed by atoms with van der Waals surface area (Å²) >= 11 is 0. The van der Waals surface area contributed by atoms with Gasteiger partial charge in [0.25, 0.3) is 17.6 Å². The fourth-order valence-electron chi connectivity index (χ4n) is 4.16. The van der Waals surface area contributed by atoms with Crippen molar-refractivity contribution in [2.45, 2.75) is 58.1 Å². The third kappa shape index (κ3) is 4.69. The molecule has 2 amide bonds. The number of carbonyl (C=O) groups is 3. The molecule has 1 saturated carbocycles. The lowest BCUT2D eigenvalue weighted by Gasteiger charge is -2.36. The van der Waals surface area contributed by atoms with Gasteiger partial charge in [-0.3, -0.25) is 14.4 Å².